The molecule has 1 aromatic heterocycles. The summed E-state index contributed by atoms with van der Waals surface area (Å²) in [5.41, 5.74) is 1.42. The molecule has 2 aromatic rings. The lowest BCUT2D eigenvalue weighted by Gasteiger charge is -2.36. The quantitative estimate of drug-likeness (QED) is 0.676. The average molecular weight is 350 g/mol. The van der Waals surface area contributed by atoms with Crippen LogP contribution in [0.3, 0.4) is 0 Å². The summed E-state index contributed by atoms with van der Waals surface area (Å²) >= 11 is 0. The zero-order valence-corrected chi connectivity index (χ0v) is 15.3. The van der Waals surface area contributed by atoms with Crippen LogP contribution >= 0.6 is 0 Å². The molecule has 1 aliphatic carbocycles. The van der Waals surface area contributed by atoms with E-state index in [-0.39, 0.29) is 0 Å². The van der Waals surface area contributed by atoms with Gasteiger partial charge in [0.1, 0.15) is 0 Å². The molecule has 0 spiro atoms. The number of nitrogens with one attached hydrogen (secondary N) is 1. The monoisotopic (exact) mass is 350 g/mol. The van der Waals surface area contributed by atoms with E-state index in [2.05, 4.69) is 62.3 Å². The number of hydrogen-bond donors (Lipinski definition) is 1. The first-order valence-corrected chi connectivity index (χ1v) is 9.48. The van der Waals surface area contributed by atoms with Crippen molar-refractivity contribution in [2.75, 3.05) is 37.6 Å². The Kier molecular flexibility index (Phi) is 5.00. The highest BCUT2D eigenvalue weighted by Crippen LogP contribution is 2.40. The molecular formula is C20H26N6. The lowest BCUT2D eigenvalue weighted by atomic mass is 10.1. The number of piperazine rings is 1. The SMILES string of the molecule is CCN=C(NC1CC1c1ccccc1)N1CCN(c2ncccn2)CC1. The van der Waals surface area contributed by atoms with Crippen molar-refractivity contribution in [3.8, 4) is 0 Å². The number of aromatic nitrogens is 2. The Morgan fingerprint density at radius 1 is 1.08 bits per heavy atom. The lowest BCUT2D eigenvalue weighted by molar-refractivity contribution is 0.369. The van der Waals surface area contributed by atoms with Gasteiger partial charge in [0, 0.05) is 57.1 Å². The number of rotatable bonds is 4. The predicted molar refractivity (Wildman–Crippen MR) is 105 cm³/mol. The Hall–Kier alpha value is -2.63. The minimum atomic E-state index is 0.498. The topological polar surface area (TPSA) is 56.7 Å². The van der Waals surface area contributed by atoms with Crippen molar-refractivity contribution in [3.05, 3.63) is 54.4 Å². The number of aliphatic imine (C=N–C) groups is 1. The summed E-state index contributed by atoms with van der Waals surface area (Å²) < 4.78 is 0. The van der Waals surface area contributed by atoms with Gasteiger partial charge < -0.3 is 15.1 Å². The number of hydrogen-bond acceptors (Lipinski definition) is 4. The van der Waals surface area contributed by atoms with Crippen LogP contribution in [-0.4, -0.2) is 59.6 Å². The summed E-state index contributed by atoms with van der Waals surface area (Å²) in [7, 11) is 0. The lowest BCUT2D eigenvalue weighted by Crippen LogP contribution is -2.53. The largest absolute Gasteiger partial charge is 0.353 e. The Morgan fingerprint density at radius 3 is 2.50 bits per heavy atom. The molecule has 2 aliphatic rings. The molecular weight excluding hydrogens is 324 g/mol. The molecule has 2 unspecified atom stereocenters. The molecule has 4 rings (SSSR count). The van der Waals surface area contributed by atoms with Crippen molar-refractivity contribution in [3.63, 3.8) is 0 Å². The van der Waals surface area contributed by atoms with Crippen molar-refractivity contribution >= 4 is 11.9 Å². The molecule has 2 fully saturated rings. The number of nitrogens with zero attached hydrogens (tertiary/aromatic N) is 5. The fraction of sp³-hybridized carbons (Fsp3) is 0.450. The fourth-order valence-corrected chi connectivity index (χ4v) is 3.55. The summed E-state index contributed by atoms with van der Waals surface area (Å²) in [6, 6.07) is 13.1. The first-order chi connectivity index (χ1) is 12.8. The first-order valence-electron chi connectivity index (χ1n) is 9.48. The third-order valence-electron chi connectivity index (χ3n) is 5.05. The minimum absolute atomic E-state index is 0.498. The van der Waals surface area contributed by atoms with E-state index in [0.29, 0.717) is 12.0 Å². The van der Waals surface area contributed by atoms with E-state index in [9.17, 15) is 0 Å². The number of guanidine groups is 1. The van der Waals surface area contributed by atoms with Crippen LogP contribution in [-0.2, 0) is 0 Å². The van der Waals surface area contributed by atoms with Crippen molar-refractivity contribution in [1.29, 1.82) is 0 Å². The van der Waals surface area contributed by atoms with Crippen molar-refractivity contribution in [2.24, 2.45) is 4.99 Å². The van der Waals surface area contributed by atoms with Crippen LogP contribution in [0.5, 0.6) is 0 Å². The second-order valence-electron chi connectivity index (χ2n) is 6.82. The highest BCUT2D eigenvalue weighted by Gasteiger charge is 2.39. The highest BCUT2D eigenvalue weighted by atomic mass is 15.4. The van der Waals surface area contributed by atoms with Crippen LogP contribution in [0.25, 0.3) is 0 Å². The molecule has 1 aromatic carbocycles. The molecule has 2 atom stereocenters. The van der Waals surface area contributed by atoms with Gasteiger partial charge >= 0.3 is 0 Å². The molecule has 0 bridgehead atoms. The summed E-state index contributed by atoms with van der Waals surface area (Å²) in [6.07, 6.45) is 4.79. The van der Waals surface area contributed by atoms with E-state index in [1.54, 1.807) is 12.4 Å². The second kappa shape index (κ2) is 7.72. The van der Waals surface area contributed by atoms with Gasteiger partial charge in [-0.3, -0.25) is 4.99 Å². The third kappa shape index (κ3) is 3.79. The van der Waals surface area contributed by atoms with Crippen molar-refractivity contribution in [1.82, 2.24) is 20.2 Å². The molecule has 2 heterocycles. The molecule has 1 saturated carbocycles. The van der Waals surface area contributed by atoms with Crippen molar-refractivity contribution in [2.45, 2.75) is 25.3 Å². The van der Waals surface area contributed by atoms with Gasteiger partial charge in [-0.05, 0) is 25.0 Å². The second-order valence-corrected chi connectivity index (χ2v) is 6.82. The zero-order valence-electron chi connectivity index (χ0n) is 15.3. The maximum Gasteiger partial charge on any atom is 0.225 e. The molecule has 0 radical (unpaired) electrons. The molecule has 1 saturated heterocycles. The average Bonchev–Trinajstić information content (AvgIpc) is 3.48. The van der Waals surface area contributed by atoms with Gasteiger partial charge in [0.05, 0.1) is 0 Å². The van der Waals surface area contributed by atoms with Gasteiger partial charge in [-0.1, -0.05) is 30.3 Å². The van der Waals surface area contributed by atoms with E-state index in [1.807, 2.05) is 6.07 Å². The van der Waals surface area contributed by atoms with Gasteiger partial charge in [0.15, 0.2) is 5.96 Å². The molecule has 136 valence electrons. The van der Waals surface area contributed by atoms with Crippen molar-refractivity contribution < 1.29 is 0 Å². The fourth-order valence-electron chi connectivity index (χ4n) is 3.55. The smallest absolute Gasteiger partial charge is 0.225 e. The summed E-state index contributed by atoms with van der Waals surface area (Å²) in [5, 5.41) is 3.69. The van der Waals surface area contributed by atoms with Crippen LogP contribution in [0.4, 0.5) is 5.95 Å². The summed E-state index contributed by atoms with van der Waals surface area (Å²) in [5.74, 6) is 2.47. The van der Waals surface area contributed by atoms with Crippen LogP contribution in [0.1, 0.15) is 24.8 Å². The maximum atomic E-state index is 4.74. The number of benzene rings is 1. The number of anilines is 1. The molecule has 6 nitrogen and oxygen atoms in total. The predicted octanol–water partition coefficient (Wildman–Crippen LogP) is 2.12. The van der Waals surface area contributed by atoms with Gasteiger partial charge in [0.25, 0.3) is 0 Å². The molecule has 6 heteroatoms. The van der Waals surface area contributed by atoms with Gasteiger partial charge in [-0.25, -0.2) is 9.97 Å². The van der Waals surface area contributed by atoms with Gasteiger partial charge in [0.2, 0.25) is 5.95 Å². The molecule has 0 amide bonds. The zero-order chi connectivity index (χ0) is 17.8. The van der Waals surface area contributed by atoms with E-state index in [0.717, 1.165) is 44.6 Å². The molecule has 26 heavy (non-hydrogen) atoms. The maximum absolute atomic E-state index is 4.74. The van der Waals surface area contributed by atoms with Crippen LogP contribution in [0.15, 0.2) is 53.8 Å². The minimum Gasteiger partial charge on any atom is -0.353 e. The Morgan fingerprint density at radius 2 is 1.81 bits per heavy atom. The normalized spacial score (nSPS) is 23.0. The molecule has 1 aliphatic heterocycles. The standard InChI is InChI=1S/C20H26N6/c1-2-21-20(24-18-15-17(18)16-7-4-3-5-8-16)26-13-11-25(12-14-26)19-22-9-6-10-23-19/h3-10,17-18H,2,11-15H2,1H3,(H,21,24). The first kappa shape index (κ1) is 16.8. The van der Waals surface area contributed by atoms with E-state index < -0.39 is 0 Å². The van der Waals surface area contributed by atoms with E-state index in [1.165, 1.54) is 12.0 Å². The Balaban J connectivity index is 1.34. The van der Waals surface area contributed by atoms with E-state index in [4.69, 9.17) is 4.99 Å². The van der Waals surface area contributed by atoms with E-state index >= 15 is 0 Å². The van der Waals surface area contributed by atoms with Crippen LogP contribution in [0, 0.1) is 0 Å². The van der Waals surface area contributed by atoms with Gasteiger partial charge in [-0.15, -0.1) is 0 Å². The Bertz CT molecular complexity index is 724. The van der Waals surface area contributed by atoms with Crippen LogP contribution < -0.4 is 10.2 Å². The summed E-state index contributed by atoms with van der Waals surface area (Å²) in [6.45, 7) is 6.60. The highest BCUT2D eigenvalue weighted by molar-refractivity contribution is 5.81. The Labute approximate surface area is 155 Å². The molecule has 1 N–H and O–H groups in total. The summed E-state index contributed by atoms with van der Waals surface area (Å²) in [4.78, 5) is 18.1. The van der Waals surface area contributed by atoms with Crippen LogP contribution in [0.2, 0.25) is 0 Å². The third-order valence-corrected chi connectivity index (χ3v) is 5.05. The van der Waals surface area contributed by atoms with Gasteiger partial charge in [-0.2, -0.15) is 0 Å².